The van der Waals surface area contributed by atoms with Crippen molar-refractivity contribution in [3.05, 3.63) is 64.6 Å². The van der Waals surface area contributed by atoms with Crippen LogP contribution < -0.4 is 0 Å². The average molecular weight is 435 g/mol. The van der Waals surface area contributed by atoms with E-state index < -0.39 is 10.0 Å². The molecule has 1 saturated heterocycles. The fourth-order valence-electron chi connectivity index (χ4n) is 3.73. The molecule has 1 fully saturated rings. The summed E-state index contributed by atoms with van der Waals surface area (Å²) in [5, 5.41) is 4.86. The number of nitrogens with zero attached hydrogens (tertiary/aromatic N) is 4. The van der Waals surface area contributed by atoms with Gasteiger partial charge in [-0.25, -0.2) is 13.4 Å². The Labute approximate surface area is 175 Å². The number of hydrogen-bond donors (Lipinski definition) is 0. The maximum Gasteiger partial charge on any atom is 0.246 e. The Morgan fingerprint density at radius 1 is 1.28 bits per heavy atom. The number of rotatable bonds is 5. The minimum absolute atomic E-state index is 0.0607. The Kier molecular flexibility index (Phi) is 5.50. The van der Waals surface area contributed by atoms with Crippen LogP contribution in [0.5, 0.6) is 0 Å². The van der Waals surface area contributed by atoms with Crippen LogP contribution in [0.15, 0.2) is 46.0 Å². The van der Waals surface area contributed by atoms with Gasteiger partial charge in [0.05, 0.1) is 11.9 Å². The van der Waals surface area contributed by atoms with E-state index in [1.165, 1.54) is 8.99 Å². The molecule has 0 N–H and O–H groups in total. The van der Waals surface area contributed by atoms with Gasteiger partial charge in [0.25, 0.3) is 0 Å². The molecule has 7 nitrogen and oxygen atoms in total. The molecule has 3 heterocycles. The smallest absolute Gasteiger partial charge is 0.246 e. The van der Waals surface area contributed by atoms with Gasteiger partial charge >= 0.3 is 0 Å². The fraction of sp³-hybridized carbons (Fsp3) is 0.400. The Balaban J connectivity index is 1.49. The standard InChI is InChI=1S/C20H23ClN4O3S/c1-14-19(13-24(2)23-14)29(26,27)25-9-3-4-16(12-25)20-22-11-18(28-20)10-15-5-7-17(21)8-6-15/h5-8,11,13,16H,3-4,9-10,12H2,1-2H3/t16-/m0/s1. The summed E-state index contributed by atoms with van der Waals surface area (Å²) in [5.41, 5.74) is 1.59. The number of hydrogen-bond acceptors (Lipinski definition) is 5. The summed E-state index contributed by atoms with van der Waals surface area (Å²) in [6, 6.07) is 7.60. The largest absolute Gasteiger partial charge is 0.445 e. The van der Waals surface area contributed by atoms with E-state index in [2.05, 4.69) is 10.1 Å². The molecule has 9 heteroatoms. The van der Waals surface area contributed by atoms with Gasteiger partial charge in [-0.05, 0) is 37.5 Å². The van der Waals surface area contributed by atoms with Crippen LogP contribution >= 0.6 is 11.6 Å². The maximum absolute atomic E-state index is 13.1. The van der Waals surface area contributed by atoms with Crippen LogP contribution in [0.25, 0.3) is 0 Å². The molecule has 1 atom stereocenters. The lowest BCUT2D eigenvalue weighted by atomic mass is 10.00. The van der Waals surface area contributed by atoms with Crippen molar-refractivity contribution in [2.45, 2.75) is 37.0 Å². The van der Waals surface area contributed by atoms with E-state index in [9.17, 15) is 8.42 Å². The van der Waals surface area contributed by atoms with E-state index in [1.54, 1.807) is 26.4 Å². The molecular formula is C20H23ClN4O3S. The molecule has 154 valence electrons. The Morgan fingerprint density at radius 2 is 2.03 bits per heavy atom. The lowest BCUT2D eigenvalue weighted by Crippen LogP contribution is -2.39. The zero-order valence-corrected chi connectivity index (χ0v) is 17.9. The van der Waals surface area contributed by atoms with Gasteiger partial charge in [0.2, 0.25) is 10.0 Å². The molecule has 0 unspecified atom stereocenters. The predicted molar refractivity (Wildman–Crippen MR) is 109 cm³/mol. The van der Waals surface area contributed by atoms with Gasteiger partial charge in [-0.3, -0.25) is 4.68 Å². The summed E-state index contributed by atoms with van der Waals surface area (Å²) in [5.74, 6) is 1.29. The Bertz CT molecular complexity index is 1110. The van der Waals surface area contributed by atoms with Crippen molar-refractivity contribution in [3.63, 3.8) is 0 Å². The number of halogens is 1. The van der Waals surface area contributed by atoms with Gasteiger partial charge in [0, 0.05) is 43.7 Å². The molecule has 29 heavy (non-hydrogen) atoms. The van der Waals surface area contributed by atoms with Gasteiger partial charge in [0.1, 0.15) is 10.7 Å². The predicted octanol–water partition coefficient (Wildman–Crippen LogP) is 3.53. The SMILES string of the molecule is Cc1nn(C)cc1S(=O)(=O)N1CCC[C@H](c2ncc(Cc3ccc(Cl)cc3)o2)C1. The number of aromatic nitrogens is 3. The van der Waals surface area contributed by atoms with E-state index in [4.69, 9.17) is 16.0 Å². The molecule has 0 spiro atoms. The minimum atomic E-state index is -3.59. The molecule has 0 saturated carbocycles. The highest BCUT2D eigenvalue weighted by molar-refractivity contribution is 7.89. The quantitative estimate of drug-likeness (QED) is 0.613. The summed E-state index contributed by atoms with van der Waals surface area (Å²) in [6.45, 7) is 2.56. The normalized spacial score (nSPS) is 18.2. The van der Waals surface area contributed by atoms with Crippen molar-refractivity contribution in [1.82, 2.24) is 19.1 Å². The van der Waals surface area contributed by atoms with Gasteiger partial charge in [0.15, 0.2) is 5.89 Å². The van der Waals surface area contributed by atoms with Gasteiger partial charge in [-0.1, -0.05) is 23.7 Å². The van der Waals surface area contributed by atoms with Crippen molar-refractivity contribution in [2.24, 2.45) is 7.05 Å². The third-order valence-corrected chi connectivity index (χ3v) is 7.40. The van der Waals surface area contributed by atoms with E-state index in [1.807, 2.05) is 24.3 Å². The minimum Gasteiger partial charge on any atom is -0.445 e. The van der Waals surface area contributed by atoms with E-state index in [0.717, 1.165) is 24.2 Å². The zero-order valence-electron chi connectivity index (χ0n) is 16.4. The molecule has 0 aliphatic carbocycles. The molecule has 4 rings (SSSR count). The number of piperidine rings is 1. The lowest BCUT2D eigenvalue weighted by Gasteiger charge is -2.30. The second-order valence-corrected chi connectivity index (χ2v) is 9.77. The van der Waals surface area contributed by atoms with Crippen LogP contribution in [-0.4, -0.2) is 40.6 Å². The maximum atomic E-state index is 13.1. The summed E-state index contributed by atoms with van der Waals surface area (Å²) in [6.07, 6.45) is 5.51. The van der Waals surface area contributed by atoms with Crippen LogP contribution in [-0.2, 0) is 23.5 Å². The fourth-order valence-corrected chi connectivity index (χ4v) is 5.58. The first-order chi connectivity index (χ1) is 13.8. The highest BCUT2D eigenvalue weighted by Crippen LogP contribution is 2.31. The lowest BCUT2D eigenvalue weighted by molar-refractivity contribution is 0.281. The van der Waals surface area contributed by atoms with Crippen molar-refractivity contribution >= 4 is 21.6 Å². The van der Waals surface area contributed by atoms with E-state index in [-0.39, 0.29) is 10.8 Å². The summed E-state index contributed by atoms with van der Waals surface area (Å²) in [4.78, 5) is 4.69. The Hall–Kier alpha value is -2.16. The number of oxazole rings is 1. The van der Waals surface area contributed by atoms with E-state index >= 15 is 0 Å². The number of benzene rings is 1. The summed E-state index contributed by atoms with van der Waals surface area (Å²) < 4.78 is 35.2. The highest BCUT2D eigenvalue weighted by atomic mass is 35.5. The van der Waals surface area contributed by atoms with Crippen molar-refractivity contribution in [1.29, 1.82) is 0 Å². The summed E-state index contributed by atoms with van der Waals surface area (Å²) >= 11 is 5.93. The van der Waals surface area contributed by atoms with Crippen LogP contribution in [0.1, 0.15) is 41.7 Å². The monoisotopic (exact) mass is 434 g/mol. The molecule has 0 bridgehead atoms. The van der Waals surface area contributed by atoms with Crippen LogP contribution in [0.2, 0.25) is 5.02 Å². The molecule has 0 amide bonds. The second kappa shape index (κ2) is 7.93. The van der Waals surface area contributed by atoms with Crippen molar-refractivity contribution in [3.8, 4) is 0 Å². The molecule has 1 aromatic carbocycles. The van der Waals surface area contributed by atoms with Gasteiger partial charge < -0.3 is 4.42 Å². The third kappa shape index (κ3) is 4.24. The highest BCUT2D eigenvalue weighted by Gasteiger charge is 2.34. The summed E-state index contributed by atoms with van der Waals surface area (Å²) in [7, 11) is -1.87. The average Bonchev–Trinajstić information content (AvgIpc) is 3.30. The zero-order chi connectivity index (χ0) is 20.6. The first-order valence-corrected chi connectivity index (χ1v) is 11.3. The molecule has 1 aliphatic heterocycles. The molecule has 1 aliphatic rings. The molecule has 2 aromatic heterocycles. The van der Waals surface area contributed by atoms with Gasteiger partial charge in [-0.2, -0.15) is 9.40 Å². The number of sulfonamides is 1. The van der Waals surface area contributed by atoms with Crippen LogP contribution in [0, 0.1) is 6.92 Å². The topological polar surface area (TPSA) is 81.2 Å². The molecular weight excluding hydrogens is 412 g/mol. The second-order valence-electron chi connectivity index (χ2n) is 7.42. The first kappa shape index (κ1) is 20.1. The van der Waals surface area contributed by atoms with Crippen molar-refractivity contribution in [2.75, 3.05) is 13.1 Å². The van der Waals surface area contributed by atoms with Crippen LogP contribution in [0.4, 0.5) is 0 Å². The van der Waals surface area contributed by atoms with Gasteiger partial charge in [-0.15, -0.1) is 0 Å². The van der Waals surface area contributed by atoms with Crippen LogP contribution in [0.3, 0.4) is 0 Å². The van der Waals surface area contributed by atoms with E-state index in [0.29, 0.717) is 36.1 Å². The third-order valence-electron chi connectivity index (χ3n) is 5.18. The Morgan fingerprint density at radius 3 is 2.72 bits per heavy atom. The molecule has 3 aromatic rings. The first-order valence-electron chi connectivity index (χ1n) is 9.52. The number of aryl methyl sites for hydroxylation is 2. The molecule has 0 radical (unpaired) electrons. The van der Waals surface area contributed by atoms with Crippen molar-refractivity contribution < 1.29 is 12.8 Å².